The van der Waals surface area contributed by atoms with Crippen molar-refractivity contribution in [1.29, 1.82) is 0 Å². The minimum absolute atomic E-state index is 0.0932. The van der Waals surface area contributed by atoms with E-state index in [9.17, 15) is 0 Å². The molecule has 7 heteroatoms. The van der Waals surface area contributed by atoms with E-state index in [-0.39, 0.29) is 6.04 Å². The fraction of sp³-hybridized carbons (Fsp3) is 0.444. The van der Waals surface area contributed by atoms with Gasteiger partial charge in [-0.3, -0.25) is 4.90 Å². The van der Waals surface area contributed by atoms with Crippen LogP contribution in [0.5, 0.6) is 0 Å². The molecule has 25 heavy (non-hydrogen) atoms. The molecule has 0 saturated carbocycles. The second-order valence-electron chi connectivity index (χ2n) is 6.26. The quantitative estimate of drug-likeness (QED) is 0.704. The van der Waals surface area contributed by atoms with Gasteiger partial charge in [0.2, 0.25) is 17.6 Å². The molecule has 0 amide bonds. The van der Waals surface area contributed by atoms with E-state index in [4.69, 9.17) is 9.05 Å². The SMILES string of the molecule is CCc1noc(CN2CCCCC2c2nc(-c3ccccc3)no2)n1. The minimum Gasteiger partial charge on any atom is -0.338 e. The zero-order chi connectivity index (χ0) is 17.1. The average molecular weight is 339 g/mol. The fourth-order valence-corrected chi connectivity index (χ4v) is 3.21. The summed E-state index contributed by atoms with van der Waals surface area (Å²) in [7, 11) is 0. The lowest BCUT2D eigenvalue weighted by molar-refractivity contribution is 0.0986. The standard InChI is InChI=1S/C18H21N5O2/c1-2-15-19-16(24-21-15)12-23-11-7-6-10-14(23)18-20-17(22-25-18)13-8-4-3-5-9-13/h3-5,8-9,14H,2,6-7,10-12H2,1H3. The summed E-state index contributed by atoms with van der Waals surface area (Å²) in [6, 6.07) is 9.98. The molecule has 1 atom stereocenters. The van der Waals surface area contributed by atoms with Crippen molar-refractivity contribution in [2.75, 3.05) is 6.54 Å². The summed E-state index contributed by atoms with van der Waals surface area (Å²) < 4.78 is 10.9. The van der Waals surface area contributed by atoms with Crippen LogP contribution in [0.25, 0.3) is 11.4 Å². The molecule has 0 N–H and O–H groups in total. The van der Waals surface area contributed by atoms with Crippen LogP contribution in [0.1, 0.15) is 49.8 Å². The Bertz CT molecular complexity index is 814. The first-order valence-electron chi connectivity index (χ1n) is 8.78. The number of aromatic nitrogens is 4. The number of benzene rings is 1. The van der Waals surface area contributed by atoms with Gasteiger partial charge in [0.25, 0.3) is 0 Å². The van der Waals surface area contributed by atoms with E-state index in [1.807, 2.05) is 37.3 Å². The van der Waals surface area contributed by atoms with E-state index in [1.54, 1.807) is 0 Å². The van der Waals surface area contributed by atoms with Crippen LogP contribution in [-0.2, 0) is 13.0 Å². The van der Waals surface area contributed by atoms with Crippen LogP contribution >= 0.6 is 0 Å². The molecule has 1 aliphatic heterocycles. The Hall–Kier alpha value is -2.54. The van der Waals surface area contributed by atoms with Gasteiger partial charge < -0.3 is 9.05 Å². The number of hydrogen-bond donors (Lipinski definition) is 0. The molecule has 3 aromatic rings. The lowest BCUT2D eigenvalue weighted by Gasteiger charge is -2.31. The molecule has 1 aromatic carbocycles. The third kappa shape index (κ3) is 3.46. The smallest absolute Gasteiger partial charge is 0.244 e. The molecular weight excluding hydrogens is 318 g/mol. The summed E-state index contributed by atoms with van der Waals surface area (Å²) in [4.78, 5) is 11.3. The van der Waals surface area contributed by atoms with Crippen LogP contribution in [0.3, 0.4) is 0 Å². The maximum atomic E-state index is 5.58. The molecule has 4 rings (SSSR count). The van der Waals surface area contributed by atoms with Crippen LogP contribution in [0, 0.1) is 0 Å². The molecule has 1 unspecified atom stereocenters. The van der Waals surface area contributed by atoms with E-state index >= 15 is 0 Å². The lowest BCUT2D eigenvalue weighted by atomic mass is 10.0. The molecular formula is C18H21N5O2. The Balaban J connectivity index is 1.54. The largest absolute Gasteiger partial charge is 0.338 e. The van der Waals surface area contributed by atoms with Crippen molar-refractivity contribution < 1.29 is 9.05 Å². The summed E-state index contributed by atoms with van der Waals surface area (Å²) in [6.45, 7) is 3.58. The summed E-state index contributed by atoms with van der Waals surface area (Å²) >= 11 is 0. The molecule has 1 aliphatic rings. The molecule has 7 nitrogen and oxygen atoms in total. The zero-order valence-electron chi connectivity index (χ0n) is 14.3. The molecule has 0 aliphatic carbocycles. The van der Waals surface area contributed by atoms with E-state index in [0.29, 0.717) is 24.2 Å². The van der Waals surface area contributed by atoms with Gasteiger partial charge in [-0.1, -0.05) is 54.0 Å². The van der Waals surface area contributed by atoms with Crippen molar-refractivity contribution in [3.05, 3.63) is 47.9 Å². The monoisotopic (exact) mass is 339 g/mol. The Morgan fingerprint density at radius 1 is 1.08 bits per heavy atom. The van der Waals surface area contributed by atoms with Gasteiger partial charge in [0, 0.05) is 12.0 Å². The van der Waals surface area contributed by atoms with Crippen molar-refractivity contribution in [3.63, 3.8) is 0 Å². The fourth-order valence-electron chi connectivity index (χ4n) is 3.21. The number of nitrogens with zero attached hydrogens (tertiary/aromatic N) is 5. The van der Waals surface area contributed by atoms with Gasteiger partial charge >= 0.3 is 0 Å². The Morgan fingerprint density at radius 2 is 1.96 bits per heavy atom. The van der Waals surface area contributed by atoms with Crippen LogP contribution < -0.4 is 0 Å². The van der Waals surface area contributed by atoms with Crippen molar-refractivity contribution in [2.45, 2.75) is 45.2 Å². The van der Waals surface area contributed by atoms with Gasteiger partial charge in [0.15, 0.2) is 5.82 Å². The molecule has 1 saturated heterocycles. The first kappa shape index (κ1) is 16.0. The molecule has 0 spiro atoms. The van der Waals surface area contributed by atoms with Crippen LogP contribution in [0.4, 0.5) is 0 Å². The predicted octanol–water partition coefficient (Wildman–Crippen LogP) is 3.41. The molecule has 3 heterocycles. The number of hydrogen-bond acceptors (Lipinski definition) is 7. The van der Waals surface area contributed by atoms with Crippen molar-refractivity contribution in [1.82, 2.24) is 25.2 Å². The summed E-state index contributed by atoms with van der Waals surface area (Å²) in [5.41, 5.74) is 0.962. The Kier molecular flexibility index (Phi) is 4.56. The number of piperidine rings is 1. The second kappa shape index (κ2) is 7.14. The van der Waals surface area contributed by atoms with E-state index in [1.165, 1.54) is 0 Å². The van der Waals surface area contributed by atoms with Crippen molar-refractivity contribution in [3.8, 4) is 11.4 Å². The Morgan fingerprint density at radius 3 is 2.76 bits per heavy atom. The zero-order valence-corrected chi connectivity index (χ0v) is 14.3. The first-order chi connectivity index (χ1) is 12.3. The highest BCUT2D eigenvalue weighted by molar-refractivity contribution is 5.53. The van der Waals surface area contributed by atoms with Crippen molar-refractivity contribution >= 4 is 0 Å². The number of likely N-dealkylation sites (tertiary alicyclic amines) is 1. The molecule has 0 radical (unpaired) electrons. The highest BCUT2D eigenvalue weighted by Crippen LogP contribution is 2.32. The van der Waals surface area contributed by atoms with Gasteiger partial charge in [-0.15, -0.1) is 0 Å². The molecule has 1 fully saturated rings. The van der Waals surface area contributed by atoms with E-state index in [2.05, 4.69) is 25.2 Å². The van der Waals surface area contributed by atoms with Crippen LogP contribution in [0.15, 0.2) is 39.4 Å². The summed E-state index contributed by atoms with van der Waals surface area (Å²) in [5.74, 6) is 2.68. The molecule has 2 aromatic heterocycles. The first-order valence-corrected chi connectivity index (χ1v) is 8.78. The maximum absolute atomic E-state index is 5.58. The predicted molar refractivity (Wildman–Crippen MR) is 90.4 cm³/mol. The summed E-state index contributed by atoms with van der Waals surface area (Å²) in [5, 5.41) is 8.13. The Labute approximate surface area is 146 Å². The van der Waals surface area contributed by atoms with E-state index in [0.717, 1.165) is 43.6 Å². The second-order valence-corrected chi connectivity index (χ2v) is 6.26. The van der Waals surface area contributed by atoms with Crippen molar-refractivity contribution in [2.24, 2.45) is 0 Å². The topological polar surface area (TPSA) is 81.1 Å². The third-order valence-electron chi connectivity index (χ3n) is 4.54. The van der Waals surface area contributed by atoms with Gasteiger partial charge in [0.05, 0.1) is 12.6 Å². The highest BCUT2D eigenvalue weighted by atomic mass is 16.5. The van der Waals surface area contributed by atoms with Gasteiger partial charge in [0.1, 0.15) is 0 Å². The van der Waals surface area contributed by atoms with Crippen LogP contribution in [-0.4, -0.2) is 31.7 Å². The summed E-state index contributed by atoms with van der Waals surface area (Å²) in [6.07, 6.45) is 4.06. The van der Waals surface area contributed by atoms with Gasteiger partial charge in [-0.25, -0.2) is 0 Å². The van der Waals surface area contributed by atoms with E-state index < -0.39 is 0 Å². The molecule has 0 bridgehead atoms. The van der Waals surface area contributed by atoms with Gasteiger partial charge in [-0.05, 0) is 19.4 Å². The average Bonchev–Trinajstić information content (AvgIpc) is 3.32. The number of rotatable bonds is 5. The highest BCUT2D eigenvalue weighted by Gasteiger charge is 2.30. The normalized spacial score (nSPS) is 18.5. The number of aryl methyl sites for hydroxylation is 1. The van der Waals surface area contributed by atoms with Crippen LogP contribution in [0.2, 0.25) is 0 Å². The minimum atomic E-state index is 0.0932. The maximum Gasteiger partial charge on any atom is 0.244 e. The lowest BCUT2D eigenvalue weighted by Crippen LogP contribution is -2.33. The molecule has 130 valence electrons. The third-order valence-corrected chi connectivity index (χ3v) is 4.54. The van der Waals surface area contributed by atoms with Gasteiger partial charge in [-0.2, -0.15) is 9.97 Å².